The maximum Gasteiger partial charge on any atom is 0.416 e. The molecule has 0 amide bonds. The summed E-state index contributed by atoms with van der Waals surface area (Å²) in [5.41, 5.74) is 4.32. The van der Waals surface area contributed by atoms with Gasteiger partial charge in [0.1, 0.15) is 5.82 Å². The third-order valence-corrected chi connectivity index (χ3v) is 5.87. The topological polar surface area (TPSA) is 24.1 Å². The van der Waals surface area contributed by atoms with Crippen LogP contribution in [0.15, 0.2) is 72.1 Å². The quantitative estimate of drug-likeness (QED) is 0.525. The van der Waals surface area contributed by atoms with Crippen molar-refractivity contribution in [3.8, 4) is 0 Å². The van der Waals surface area contributed by atoms with Crippen LogP contribution in [0.3, 0.4) is 0 Å². The second-order valence-corrected chi connectivity index (χ2v) is 8.01. The summed E-state index contributed by atoms with van der Waals surface area (Å²) in [6.07, 6.45) is 0.942. The SMILES string of the molecule is C=C(NC1=CC(c2ccccc2C(F)(F)F)NC2=C1CCCC2)c1cc(F)ccc1C. The molecule has 1 unspecified atom stereocenters. The number of rotatable bonds is 4. The average Bonchev–Trinajstić information content (AvgIpc) is 2.74. The van der Waals surface area contributed by atoms with Crippen molar-refractivity contribution in [2.24, 2.45) is 0 Å². The second kappa shape index (κ2) is 8.25. The van der Waals surface area contributed by atoms with Crippen molar-refractivity contribution in [1.82, 2.24) is 10.6 Å². The summed E-state index contributed by atoms with van der Waals surface area (Å²) in [5, 5.41) is 6.60. The minimum Gasteiger partial charge on any atom is -0.378 e. The zero-order valence-electron chi connectivity index (χ0n) is 17.2. The third kappa shape index (κ3) is 4.38. The molecule has 1 aliphatic carbocycles. The Hall–Kier alpha value is -3.02. The van der Waals surface area contributed by atoms with Crippen molar-refractivity contribution in [3.63, 3.8) is 0 Å². The highest BCUT2D eigenvalue weighted by Gasteiger charge is 2.36. The Morgan fingerprint density at radius 3 is 2.61 bits per heavy atom. The van der Waals surface area contributed by atoms with Crippen LogP contribution in [0.25, 0.3) is 5.70 Å². The van der Waals surface area contributed by atoms with Gasteiger partial charge in [0.05, 0.1) is 11.6 Å². The number of aryl methyl sites for hydroxylation is 1. The van der Waals surface area contributed by atoms with E-state index in [0.717, 1.165) is 54.3 Å². The normalized spacial score (nSPS) is 18.7. The van der Waals surface area contributed by atoms with E-state index in [0.29, 0.717) is 11.3 Å². The van der Waals surface area contributed by atoms with Gasteiger partial charge in [0.2, 0.25) is 0 Å². The molecule has 0 saturated carbocycles. The molecule has 1 heterocycles. The fraction of sp³-hybridized carbons (Fsp3) is 0.280. The molecule has 31 heavy (non-hydrogen) atoms. The first kappa shape index (κ1) is 21.2. The van der Waals surface area contributed by atoms with Crippen molar-refractivity contribution in [1.29, 1.82) is 0 Å². The smallest absolute Gasteiger partial charge is 0.378 e. The van der Waals surface area contributed by atoms with E-state index >= 15 is 0 Å². The average molecular weight is 428 g/mol. The summed E-state index contributed by atoms with van der Waals surface area (Å²) in [7, 11) is 0. The van der Waals surface area contributed by atoms with Crippen molar-refractivity contribution in [2.45, 2.75) is 44.8 Å². The van der Waals surface area contributed by atoms with Crippen molar-refractivity contribution >= 4 is 5.70 Å². The first-order valence-corrected chi connectivity index (χ1v) is 10.3. The predicted molar refractivity (Wildman–Crippen MR) is 114 cm³/mol. The number of dihydropyridines is 1. The third-order valence-electron chi connectivity index (χ3n) is 5.87. The number of benzene rings is 2. The van der Waals surface area contributed by atoms with Gasteiger partial charge in [-0.1, -0.05) is 30.8 Å². The van der Waals surface area contributed by atoms with Gasteiger partial charge in [-0.3, -0.25) is 0 Å². The lowest BCUT2D eigenvalue weighted by molar-refractivity contribution is -0.138. The lowest BCUT2D eigenvalue weighted by Crippen LogP contribution is -2.31. The van der Waals surface area contributed by atoms with E-state index in [1.54, 1.807) is 18.2 Å². The van der Waals surface area contributed by atoms with Crippen LogP contribution >= 0.6 is 0 Å². The van der Waals surface area contributed by atoms with Gasteiger partial charge in [0.15, 0.2) is 0 Å². The molecular formula is C25H24F4N2. The van der Waals surface area contributed by atoms with Crippen molar-refractivity contribution < 1.29 is 17.6 Å². The van der Waals surface area contributed by atoms with E-state index in [4.69, 9.17) is 0 Å². The van der Waals surface area contributed by atoms with Gasteiger partial charge < -0.3 is 10.6 Å². The molecule has 2 aliphatic rings. The molecule has 2 aromatic rings. The van der Waals surface area contributed by atoms with Crippen LogP contribution in [0.1, 0.15) is 54.0 Å². The molecule has 0 spiro atoms. The number of allylic oxidation sites excluding steroid dienone is 2. The summed E-state index contributed by atoms with van der Waals surface area (Å²) >= 11 is 0. The Balaban J connectivity index is 1.72. The van der Waals surface area contributed by atoms with Crippen molar-refractivity contribution in [2.75, 3.05) is 0 Å². The molecule has 0 fully saturated rings. The van der Waals surface area contributed by atoms with Crippen LogP contribution in [0.4, 0.5) is 17.6 Å². The number of alkyl halides is 3. The Labute approximate surface area is 179 Å². The van der Waals surface area contributed by atoms with Gasteiger partial charge in [0, 0.05) is 22.7 Å². The van der Waals surface area contributed by atoms with Gasteiger partial charge in [0.25, 0.3) is 0 Å². The van der Waals surface area contributed by atoms with Crippen LogP contribution in [0.5, 0.6) is 0 Å². The molecule has 1 atom stereocenters. The summed E-state index contributed by atoms with van der Waals surface area (Å²) in [4.78, 5) is 0. The zero-order valence-corrected chi connectivity index (χ0v) is 17.2. The largest absolute Gasteiger partial charge is 0.416 e. The van der Waals surface area contributed by atoms with Gasteiger partial charge in [-0.2, -0.15) is 13.2 Å². The molecule has 1 aliphatic heterocycles. The minimum absolute atomic E-state index is 0.180. The van der Waals surface area contributed by atoms with Crippen LogP contribution in [0, 0.1) is 12.7 Å². The lowest BCUT2D eigenvalue weighted by atomic mass is 9.87. The maximum atomic E-state index is 13.8. The Morgan fingerprint density at radius 1 is 1.10 bits per heavy atom. The fourth-order valence-electron chi connectivity index (χ4n) is 4.32. The van der Waals surface area contributed by atoms with Crippen LogP contribution in [0.2, 0.25) is 0 Å². The van der Waals surface area contributed by atoms with Gasteiger partial charge in [-0.15, -0.1) is 0 Å². The van der Waals surface area contributed by atoms with E-state index < -0.39 is 17.8 Å². The number of hydrogen-bond acceptors (Lipinski definition) is 2. The summed E-state index contributed by atoms with van der Waals surface area (Å²) in [5.74, 6) is -0.364. The molecule has 2 N–H and O–H groups in total. The van der Waals surface area contributed by atoms with Gasteiger partial charge in [-0.25, -0.2) is 4.39 Å². The highest BCUT2D eigenvalue weighted by molar-refractivity contribution is 5.67. The summed E-state index contributed by atoms with van der Waals surface area (Å²) in [6.45, 7) is 5.94. The number of halogens is 4. The number of hydrogen-bond donors (Lipinski definition) is 2. The molecule has 162 valence electrons. The highest BCUT2D eigenvalue weighted by Crippen LogP contribution is 2.40. The Morgan fingerprint density at radius 2 is 1.84 bits per heavy atom. The van der Waals surface area contributed by atoms with E-state index in [9.17, 15) is 17.6 Å². The first-order valence-electron chi connectivity index (χ1n) is 10.3. The molecule has 0 radical (unpaired) electrons. The molecule has 0 saturated heterocycles. The van der Waals surface area contributed by atoms with Gasteiger partial charge in [-0.05, 0) is 73.6 Å². The molecule has 6 heteroatoms. The van der Waals surface area contributed by atoms with Crippen molar-refractivity contribution in [3.05, 3.63) is 100 Å². The predicted octanol–water partition coefficient (Wildman–Crippen LogP) is 6.77. The molecule has 2 nitrogen and oxygen atoms in total. The maximum absolute atomic E-state index is 13.8. The Bertz CT molecular complexity index is 1080. The second-order valence-electron chi connectivity index (χ2n) is 8.01. The van der Waals surface area contributed by atoms with E-state index in [1.807, 2.05) is 6.92 Å². The molecule has 2 aromatic carbocycles. The molecule has 4 rings (SSSR count). The zero-order chi connectivity index (χ0) is 22.2. The van der Waals surface area contributed by atoms with E-state index in [1.165, 1.54) is 24.3 Å². The standard InChI is InChI=1S/C25H24F4N2/c1-15-11-12-17(26)13-20(15)16(2)30-24-14-23(31-22-10-6-4-8-19(22)24)18-7-3-5-9-21(18)25(27,28)29/h3,5,7,9,11-14,23,30-31H,2,4,6,8,10H2,1H3. The summed E-state index contributed by atoms with van der Waals surface area (Å²) < 4.78 is 54.6. The Kier molecular flexibility index (Phi) is 5.65. The van der Waals surface area contributed by atoms with Crippen LogP contribution in [-0.4, -0.2) is 0 Å². The lowest BCUT2D eigenvalue weighted by Gasteiger charge is -2.34. The molecule has 0 aromatic heterocycles. The van der Waals surface area contributed by atoms with Crippen LogP contribution < -0.4 is 10.6 Å². The van der Waals surface area contributed by atoms with E-state index in [2.05, 4.69) is 17.2 Å². The van der Waals surface area contributed by atoms with Gasteiger partial charge >= 0.3 is 6.18 Å². The van der Waals surface area contributed by atoms with E-state index in [-0.39, 0.29) is 11.4 Å². The van der Waals surface area contributed by atoms with Crippen LogP contribution in [-0.2, 0) is 6.18 Å². The number of nitrogens with one attached hydrogen (secondary N) is 2. The molecular weight excluding hydrogens is 404 g/mol. The molecule has 0 bridgehead atoms. The summed E-state index contributed by atoms with van der Waals surface area (Å²) in [6, 6.07) is 9.50. The first-order chi connectivity index (χ1) is 14.7. The fourth-order valence-corrected chi connectivity index (χ4v) is 4.32. The monoisotopic (exact) mass is 428 g/mol. The minimum atomic E-state index is -4.44. The highest BCUT2D eigenvalue weighted by atomic mass is 19.4.